The molecular formula is C28H32ClN5O3. The highest BCUT2D eigenvalue weighted by Gasteiger charge is 2.53. The molecule has 0 radical (unpaired) electrons. The van der Waals surface area contributed by atoms with Gasteiger partial charge in [0, 0.05) is 55.6 Å². The topological polar surface area (TPSA) is 90.8 Å². The molecule has 3 aromatic rings. The Morgan fingerprint density at radius 3 is 2.68 bits per heavy atom. The van der Waals surface area contributed by atoms with Crippen LogP contribution in [0, 0.1) is 11.8 Å². The van der Waals surface area contributed by atoms with E-state index in [4.69, 9.17) is 16.3 Å². The molecule has 194 valence electrons. The molecule has 0 unspecified atom stereocenters. The van der Waals surface area contributed by atoms with Crippen LogP contribution in [0.1, 0.15) is 25.5 Å². The van der Waals surface area contributed by atoms with Crippen LogP contribution in [-0.4, -0.2) is 76.9 Å². The lowest BCUT2D eigenvalue weighted by Crippen LogP contribution is -2.60. The number of aliphatic hydroxyl groups is 1. The first-order valence-corrected chi connectivity index (χ1v) is 13.3. The van der Waals surface area contributed by atoms with Crippen molar-refractivity contribution in [3.63, 3.8) is 0 Å². The van der Waals surface area contributed by atoms with Gasteiger partial charge in [0.1, 0.15) is 5.82 Å². The van der Waals surface area contributed by atoms with Crippen LogP contribution in [-0.2, 0) is 9.53 Å². The number of nitrogens with one attached hydrogen (secondary N) is 1. The zero-order chi connectivity index (χ0) is 25.7. The summed E-state index contributed by atoms with van der Waals surface area (Å²) in [5.41, 5.74) is 1.59. The molecule has 4 heterocycles. The number of aromatic nitrogens is 2. The van der Waals surface area contributed by atoms with Crippen LogP contribution >= 0.6 is 11.6 Å². The van der Waals surface area contributed by atoms with E-state index in [2.05, 4.69) is 45.0 Å². The highest BCUT2D eigenvalue weighted by Crippen LogP contribution is 2.53. The monoisotopic (exact) mass is 521 g/mol. The number of hydrogen-bond donors (Lipinski definition) is 2. The normalized spacial score (nSPS) is 30.0. The van der Waals surface area contributed by atoms with E-state index in [0.717, 1.165) is 48.3 Å². The largest absolute Gasteiger partial charge is 0.389 e. The zero-order valence-electron chi connectivity index (χ0n) is 21.1. The quantitative estimate of drug-likeness (QED) is 0.530. The Morgan fingerprint density at radius 1 is 1.16 bits per heavy atom. The van der Waals surface area contributed by atoms with Crippen LogP contribution in [0.5, 0.6) is 0 Å². The molecule has 37 heavy (non-hydrogen) atoms. The third kappa shape index (κ3) is 4.46. The minimum atomic E-state index is -0.470. The first-order chi connectivity index (χ1) is 17.8. The summed E-state index contributed by atoms with van der Waals surface area (Å²) in [6.45, 7) is 8.35. The van der Waals surface area contributed by atoms with Crippen molar-refractivity contribution in [3.05, 3.63) is 59.5 Å². The molecule has 9 heteroatoms. The second-order valence-corrected chi connectivity index (χ2v) is 11.1. The first-order valence-electron chi connectivity index (χ1n) is 12.9. The lowest BCUT2D eigenvalue weighted by atomic mass is 9.95. The number of nitrogens with zero attached hydrogens (tertiary/aromatic N) is 4. The molecule has 6 rings (SSSR count). The first kappa shape index (κ1) is 24.6. The molecule has 0 spiro atoms. The molecule has 8 nitrogen and oxygen atoms in total. The van der Waals surface area contributed by atoms with Crippen LogP contribution in [0.2, 0.25) is 5.02 Å². The molecule has 2 aromatic heterocycles. The van der Waals surface area contributed by atoms with Gasteiger partial charge in [-0.25, -0.2) is 4.98 Å². The van der Waals surface area contributed by atoms with Gasteiger partial charge in [0.25, 0.3) is 0 Å². The number of piperazine rings is 1. The summed E-state index contributed by atoms with van der Waals surface area (Å²) >= 11 is 6.70. The molecule has 5 atom stereocenters. The molecule has 2 N–H and O–H groups in total. The minimum Gasteiger partial charge on any atom is -0.389 e. The number of pyridine rings is 2. The molecule has 2 aliphatic heterocycles. The van der Waals surface area contributed by atoms with Crippen molar-refractivity contribution < 1.29 is 14.6 Å². The Labute approximate surface area is 221 Å². The summed E-state index contributed by atoms with van der Waals surface area (Å²) in [7, 11) is 0. The van der Waals surface area contributed by atoms with Crippen LogP contribution in [0.3, 0.4) is 0 Å². The summed E-state index contributed by atoms with van der Waals surface area (Å²) in [6, 6.07) is 11.8. The van der Waals surface area contributed by atoms with Gasteiger partial charge in [-0.15, -0.1) is 0 Å². The maximum atomic E-state index is 13.0. The third-order valence-corrected chi connectivity index (χ3v) is 8.78. The number of hydrogen-bond acceptors (Lipinski definition) is 7. The summed E-state index contributed by atoms with van der Waals surface area (Å²) in [6.07, 6.45) is 3.06. The van der Waals surface area contributed by atoms with Crippen LogP contribution in [0.25, 0.3) is 10.8 Å². The van der Waals surface area contributed by atoms with Gasteiger partial charge < -0.3 is 20.1 Å². The Hall–Kier alpha value is -2.78. The van der Waals surface area contributed by atoms with Gasteiger partial charge in [0.05, 0.1) is 41.5 Å². The van der Waals surface area contributed by atoms with Crippen LogP contribution in [0.4, 0.5) is 11.5 Å². The second kappa shape index (κ2) is 9.51. The van der Waals surface area contributed by atoms with Crippen molar-refractivity contribution in [2.24, 2.45) is 11.8 Å². The van der Waals surface area contributed by atoms with Crippen molar-refractivity contribution in [2.45, 2.75) is 31.4 Å². The SMILES string of the molecule is C[C@H]1[C@@H](C(=O)Nc2cc3cc(N4CCN([C@@]5(C)COC[C@H]5O)CC4)c(Cl)cc3cn2)[C@@H]1c1ccccn1. The number of amides is 1. The molecule has 3 aliphatic rings. The molecule has 1 amide bonds. The predicted molar refractivity (Wildman–Crippen MR) is 144 cm³/mol. The zero-order valence-corrected chi connectivity index (χ0v) is 21.9. The standard InChI is InChI=1S/C28H32ClN5O3/c1-17-25(21-5-3-4-6-30-21)26(17)27(36)32-24-13-18-12-22(20(29)11-19(18)14-31-24)33-7-9-34(10-8-33)28(2)16-37-15-23(28)35/h3-6,11-14,17,23,25-26,35H,7-10,15-16H2,1-2H3,(H,31,32,36)/t17-,23-,25+,26-,28+/m1/s1. The molecule has 1 saturated carbocycles. The second-order valence-electron chi connectivity index (χ2n) is 10.7. The maximum absolute atomic E-state index is 13.0. The van der Waals surface area contributed by atoms with Gasteiger partial charge >= 0.3 is 0 Å². The lowest BCUT2D eigenvalue weighted by Gasteiger charge is -2.45. The maximum Gasteiger partial charge on any atom is 0.229 e. The van der Waals surface area contributed by atoms with E-state index in [1.54, 1.807) is 12.4 Å². The van der Waals surface area contributed by atoms with Gasteiger partial charge in [-0.3, -0.25) is 14.7 Å². The number of benzene rings is 1. The smallest absolute Gasteiger partial charge is 0.229 e. The Morgan fingerprint density at radius 2 is 1.97 bits per heavy atom. The third-order valence-electron chi connectivity index (χ3n) is 8.48. The van der Waals surface area contributed by atoms with Crippen LogP contribution < -0.4 is 10.2 Å². The summed E-state index contributed by atoms with van der Waals surface area (Å²) in [5.74, 6) is 0.808. The van der Waals surface area contributed by atoms with E-state index >= 15 is 0 Å². The average molecular weight is 522 g/mol. The highest BCUT2D eigenvalue weighted by atomic mass is 35.5. The molecule has 3 fully saturated rings. The van der Waals surface area contributed by atoms with E-state index < -0.39 is 6.10 Å². The fraction of sp³-hybridized carbons (Fsp3) is 0.464. The number of ether oxygens (including phenoxy) is 1. The Bertz CT molecular complexity index is 1320. The van der Waals surface area contributed by atoms with E-state index in [1.807, 2.05) is 30.3 Å². The Kier molecular flexibility index (Phi) is 6.31. The van der Waals surface area contributed by atoms with Crippen molar-refractivity contribution in [1.29, 1.82) is 0 Å². The number of fused-ring (bicyclic) bond motifs is 1. The van der Waals surface area contributed by atoms with Crippen LogP contribution in [0.15, 0.2) is 48.8 Å². The van der Waals surface area contributed by atoms with E-state index in [9.17, 15) is 9.90 Å². The van der Waals surface area contributed by atoms with Crippen molar-refractivity contribution >= 4 is 39.8 Å². The summed E-state index contributed by atoms with van der Waals surface area (Å²) in [5, 5.41) is 16.0. The minimum absolute atomic E-state index is 0.0214. The molecular weight excluding hydrogens is 490 g/mol. The number of carbonyl (C=O) groups excluding carboxylic acids is 1. The van der Waals surface area contributed by atoms with Gasteiger partial charge in [-0.2, -0.15) is 0 Å². The predicted octanol–water partition coefficient (Wildman–Crippen LogP) is 3.54. The number of rotatable bonds is 5. The summed E-state index contributed by atoms with van der Waals surface area (Å²) in [4.78, 5) is 26.5. The Balaban J connectivity index is 1.16. The number of anilines is 2. The van der Waals surface area contributed by atoms with Gasteiger partial charge in [0.15, 0.2) is 0 Å². The highest BCUT2D eigenvalue weighted by molar-refractivity contribution is 6.34. The van der Waals surface area contributed by atoms with E-state index in [0.29, 0.717) is 24.1 Å². The van der Waals surface area contributed by atoms with Gasteiger partial charge in [-0.05, 0) is 48.6 Å². The molecule has 0 bridgehead atoms. The number of carbonyl (C=O) groups is 1. The van der Waals surface area contributed by atoms with Crippen molar-refractivity contribution in [2.75, 3.05) is 49.6 Å². The molecule has 1 aromatic carbocycles. The summed E-state index contributed by atoms with van der Waals surface area (Å²) < 4.78 is 5.53. The van der Waals surface area contributed by atoms with Crippen molar-refractivity contribution in [1.82, 2.24) is 14.9 Å². The fourth-order valence-electron chi connectivity index (χ4n) is 5.98. The molecule has 1 aliphatic carbocycles. The molecule has 2 saturated heterocycles. The number of halogens is 1. The van der Waals surface area contributed by atoms with Crippen molar-refractivity contribution in [3.8, 4) is 0 Å². The average Bonchev–Trinajstić information content (AvgIpc) is 3.47. The van der Waals surface area contributed by atoms with E-state index in [-0.39, 0.29) is 29.2 Å². The lowest BCUT2D eigenvalue weighted by molar-refractivity contribution is -0.117. The van der Waals surface area contributed by atoms with Gasteiger partial charge in [-0.1, -0.05) is 24.6 Å². The fourth-order valence-corrected chi connectivity index (χ4v) is 6.27. The van der Waals surface area contributed by atoms with E-state index in [1.165, 1.54) is 0 Å². The number of aliphatic hydroxyl groups excluding tert-OH is 1. The van der Waals surface area contributed by atoms with Gasteiger partial charge in [0.2, 0.25) is 5.91 Å².